The zero-order valence-corrected chi connectivity index (χ0v) is 12.8. The van der Waals surface area contributed by atoms with Crippen LogP contribution in [0.1, 0.15) is 0 Å². The van der Waals surface area contributed by atoms with Gasteiger partial charge in [0.1, 0.15) is 11.2 Å². The van der Waals surface area contributed by atoms with E-state index < -0.39 is 0 Å². The van der Waals surface area contributed by atoms with Crippen molar-refractivity contribution in [3.63, 3.8) is 0 Å². The van der Waals surface area contributed by atoms with Crippen molar-refractivity contribution >= 4 is 43.9 Å². The minimum absolute atomic E-state index is 1.03. The summed E-state index contributed by atoms with van der Waals surface area (Å²) < 4.78 is 4.61. The molecule has 0 spiro atoms. The van der Waals surface area contributed by atoms with E-state index in [-0.39, 0.29) is 0 Å². The monoisotopic (exact) mass is 307 g/mol. The normalized spacial score (nSPS) is 12.2. The Kier molecular flexibility index (Phi) is 2.10. The van der Waals surface area contributed by atoms with Gasteiger partial charge in [0.2, 0.25) is 0 Å². The van der Waals surface area contributed by atoms with Crippen LogP contribution < -0.4 is 0 Å². The molecule has 0 aliphatic heterocycles. The molecule has 6 rings (SSSR count). The molecule has 0 amide bonds. The highest BCUT2D eigenvalue weighted by Gasteiger charge is 2.15. The molecular weight excluding hydrogens is 294 g/mol. The summed E-state index contributed by atoms with van der Waals surface area (Å²) >= 11 is 0. The lowest BCUT2D eigenvalue weighted by molar-refractivity contribution is 1.16. The maximum absolute atomic E-state index is 4.68. The Balaban J connectivity index is 2.10. The summed E-state index contributed by atoms with van der Waals surface area (Å²) in [5.41, 5.74) is 5.74. The molecule has 4 heterocycles. The second-order valence-electron chi connectivity index (χ2n) is 6.20. The average Bonchev–Trinajstić information content (AvgIpc) is 3.20. The van der Waals surface area contributed by atoms with Gasteiger partial charge in [0, 0.05) is 28.6 Å². The molecule has 3 heteroatoms. The van der Waals surface area contributed by atoms with Crippen molar-refractivity contribution in [3.8, 4) is 0 Å². The first-order chi connectivity index (χ1) is 11.9. The second kappa shape index (κ2) is 4.15. The summed E-state index contributed by atoms with van der Waals surface area (Å²) in [5.74, 6) is 0. The average molecular weight is 307 g/mol. The van der Waals surface area contributed by atoms with Crippen LogP contribution in [-0.2, 0) is 0 Å². The van der Waals surface area contributed by atoms with Gasteiger partial charge >= 0.3 is 0 Å². The molecule has 0 aliphatic carbocycles. The fraction of sp³-hybridized carbons (Fsp3) is 0. The first kappa shape index (κ1) is 12.1. The number of nitrogens with zero attached hydrogens (tertiary/aromatic N) is 3. The minimum atomic E-state index is 1.03. The molecule has 0 N–H and O–H groups in total. The quantitative estimate of drug-likeness (QED) is 0.385. The smallest absolute Gasteiger partial charge is 0.130 e. The van der Waals surface area contributed by atoms with Gasteiger partial charge in [-0.25, -0.2) is 0 Å². The predicted molar refractivity (Wildman–Crippen MR) is 98.7 cm³/mol. The van der Waals surface area contributed by atoms with Gasteiger partial charge in [0.25, 0.3) is 0 Å². The third kappa shape index (κ3) is 1.35. The third-order valence-electron chi connectivity index (χ3n) is 4.91. The van der Waals surface area contributed by atoms with Crippen LogP contribution in [-0.4, -0.2) is 13.8 Å². The molecule has 24 heavy (non-hydrogen) atoms. The van der Waals surface area contributed by atoms with Crippen LogP contribution in [0.5, 0.6) is 0 Å². The molecule has 3 nitrogen and oxygen atoms in total. The molecule has 0 saturated heterocycles. The molecule has 0 saturated carbocycles. The summed E-state index contributed by atoms with van der Waals surface area (Å²) in [6, 6.07) is 23.5. The highest BCUT2D eigenvalue weighted by molar-refractivity contribution is 6.07. The molecule has 112 valence electrons. The van der Waals surface area contributed by atoms with E-state index >= 15 is 0 Å². The summed E-state index contributed by atoms with van der Waals surface area (Å²) in [6.45, 7) is 0. The summed E-state index contributed by atoms with van der Waals surface area (Å²) in [4.78, 5) is 4.68. The fourth-order valence-corrected chi connectivity index (χ4v) is 3.90. The van der Waals surface area contributed by atoms with Crippen LogP contribution in [0.4, 0.5) is 0 Å². The number of pyridine rings is 1. The van der Waals surface area contributed by atoms with Crippen LogP contribution in [0.15, 0.2) is 79.1 Å². The van der Waals surface area contributed by atoms with Crippen molar-refractivity contribution in [1.29, 1.82) is 0 Å². The molecule has 0 radical (unpaired) electrons. The molecule has 0 bridgehead atoms. The van der Waals surface area contributed by atoms with E-state index in [9.17, 15) is 0 Å². The Morgan fingerprint density at radius 1 is 0.708 bits per heavy atom. The van der Waals surface area contributed by atoms with Crippen molar-refractivity contribution in [3.05, 3.63) is 79.1 Å². The molecule has 0 unspecified atom stereocenters. The van der Waals surface area contributed by atoms with Gasteiger partial charge in [0.05, 0.1) is 16.6 Å². The van der Waals surface area contributed by atoms with Crippen molar-refractivity contribution < 1.29 is 0 Å². The van der Waals surface area contributed by atoms with Gasteiger partial charge < -0.3 is 0 Å². The Hall–Kier alpha value is -3.33. The van der Waals surface area contributed by atoms with Crippen molar-refractivity contribution in [2.75, 3.05) is 0 Å². The highest BCUT2D eigenvalue weighted by Crippen LogP contribution is 2.32. The number of rotatable bonds is 0. The number of benzene rings is 2. The molecule has 4 aromatic heterocycles. The van der Waals surface area contributed by atoms with Crippen molar-refractivity contribution in [2.45, 2.75) is 0 Å². The van der Waals surface area contributed by atoms with E-state index in [2.05, 4.69) is 80.6 Å². The maximum atomic E-state index is 4.68. The topological polar surface area (TPSA) is 21.7 Å². The lowest BCUT2D eigenvalue weighted by atomic mass is 10.2. The Labute approximate surface area is 137 Å². The number of aromatic nitrogens is 3. The first-order valence-electron chi connectivity index (χ1n) is 8.08. The van der Waals surface area contributed by atoms with Gasteiger partial charge in [-0.05, 0) is 24.3 Å². The van der Waals surface area contributed by atoms with Crippen molar-refractivity contribution in [2.24, 2.45) is 0 Å². The van der Waals surface area contributed by atoms with Crippen LogP contribution in [0, 0.1) is 0 Å². The van der Waals surface area contributed by atoms with E-state index in [1.54, 1.807) is 0 Å². The van der Waals surface area contributed by atoms with Gasteiger partial charge in [-0.2, -0.15) is 0 Å². The number of fused-ring (bicyclic) bond motifs is 10. The molecule has 0 atom stereocenters. The molecular formula is C21H13N3. The fourth-order valence-electron chi connectivity index (χ4n) is 3.90. The van der Waals surface area contributed by atoms with E-state index in [4.69, 9.17) is 0 Å². The van der Waals surface area contributed by atoms with Crippen LogP contribution in [0.3, 0.4) is 0 Å². The Bertz CT molecular complexity index is 1290. The third-order valence-corrected chi connectivity index (χ3v) is 4.91. The number of para-hydroxylation sites is 1. The van der Waals surface area contributed by atoms with Crippen molar-refractivity contribution in [1.82, 2.24) is 13.8 Å². The van der Waals surface area contributed by atoms with Crippen LogP contribution >= 0.6 is 0 Å². The summed E-state index contributed by atoms with van der Waals surface area (Å²) in [6.07, 6.45) is 4.08. The molecule has 0 aliphatic rings. The Morgan fingerprint density at radius 2 is 1.50 bits per heavy atom. The predicted octanol–water partition coefficient (Wildman–Crippen LogP) is 5.05. The van der Waals surface area contributed by atoms with E-state index in [0.29, 0.717) is 0 Å². The lowest BCUT2D eigenvalue weighted by Gasteiger charge is -2.08. The van der Waals surface area contributed by atoms with Gasteiger partial charge in [-0.3, -0.25) is 13.8 Å². The van der Waals surface area contributed by atoms with E-state index in [0.717, 1.165) is 16.6 Å². The largest absolute Gasteiger partial charge is 0.300 e. The maximum Gasteiger partial charge on any atom is 0.130 e. The molecule has 2 aromatic carbocycles. The minimum Gasteiger partial charge on any atom is -0.300 e. The SMILES string of the molecule is c1ccc2c(c1)cn1c3cccnc3c3cc4ccccc4n3c21. The molecule has 0 fully saturated rings. The second-order valence-corrected chi connectivity index (χ2v) is 6.20. The van der Waals surface area contributed by atoms with Gasteiger partial charge in [0.15, 0.2) is 0 Å². The van der Waals surface area contributed by atoms with Gasteiger partial charge in [-0.1, -0.05) is 42.5 Å². The molecule has 6 aromatic rings. The highest BCUT2D eigenvalue weighted by atomic mass is 15.1. The van der Waals surface area contributed by atoms with Gasteiger partial charge in [-0.15, -0.1) is 0 Å². The van der Waals surface area contributed by atoms with Crippen LogP contribution in [0.25, 0.3) is 43.9 Å². The zero-order valence-electron chi connectivity index (χ0n) is 12.8. The van der Waals surface area contributed by atoms with E-state index in [1.165, 1.54) is 27.3 Å². The van der Waals surface area contributed by atoms with E-state index in [1.807, 2.05) is 12.3 Å². The first-order valence-corrected chi connectivity index (χ1v) is 8.08. The lowest BCUT2D eigenvalue weighted by Crippen LogP contribution is -1.97. The summed E-state index contributed by atoms with van der Waals surface area (Å²) in [7, 11) is 0. The Morgan fingerprint density at radius 3 is 2.46 bits per heavy atom. The summed E-state index contributed by atoms with van der Waals surface area (Å²) in [5, 5.41) is 3.74. The number of hydrogen-bond donors (Lipinski definition) is 0. The zero-order chi connectivity index (χ0) is 15.7. The standard InChI is InChI=1S/C21H13N3/c1-3-8-16-15(7-1)13-23-18-10-5-11-22-20(18)19-12-14-6-2-4-9-17(14)24(19)21(16)23/h1-13H. The number of hydrogen-bond acceptors (Lipinski definition) is 1. The van der Waals surface area contributed by atoms with Crippen LogP contribution in [0.2, 0.25) is 0 Å².